The van der Waals surface area contributed by atoms with E-state index in [1.807, 2.05) is 50.4 Å². The van der Waals surface area contributed by atoms with Gasteiger partial charge in [-0.25, -0.2) is 0 Å². The number of benzene rings is 2. The highest BCUT2D eigenvalue weighted by Crippen LogP contribution is 2.39. The number of nitriles is 1. The molecule has 2 saturated heterocycles. The van der Waals surface area contributed by atoms with Crippen molar-refractivity contribution in [2.75, 3.05) is 50.1 Å². The van der Waals surface area contributed by atoms with Crippen LogP contribution in [0.15, 0.2) is 60.8 Å². The first-order chi connectivity index (χ1) is 24.9. The van der Waals surface area contributed by atoms with Crippen LogP contribution in [0, 0.1) is 11.3 Å². The van der Waals surface area contributed by atoms with E-state index in [0.717, 1.165) is 56.9 Å². The number of carbonyl (C=O) groups excluding carboxylic acids is 1. The van der Waals surface area contributed by atoms with E-state index in [1.54, 1.807) is 18.2 Å². The minimum absolute atomic E-state index is 0.256. The molecule has 6 rings (SSSR count). The van der Waals surface area contributed by atoms with Crippen LogP contribution in [0.3, 0.4) is 0 Å². The van der Waals surface area contributed by atoms with E-state index in [-0.39, 0.29) is 5.91 Å². The van der Waals surface area contributed by atoms with Crippen LogP contribution in [0.5, 0.6) is 11.5 Å². The molecule has 266 valence electrons. The average molecular weight is 709 g/mol. The van der Waals surface area contributed by atoms with Crippen LogP contribution in [0.1, 0.15) is 74.4 Å². The molecule has 0 saturated carbocycles. The first-order valence-electron chi connectivity index (χ1n) is 17.9. The van der Waals surface area contributed by atoms with Crippen molar-refractivity contribution in [2.45, 2.75) is 64.9 Å². The lowest BCUT2D eigenvalue weighted by Gasteiger charge is -2.24. The van der Waals surface area contributed by atoms with Crippen molar-refractivity contribution < 1.29 is 19.0 Å². The molecule has 0 radical (unpaired) electrons. The van der Waals surface area contributed by atoms with E-state index in [0.29, 0.717) is 81.3 Å². The van der Waals surface area contributed by atoms with Crippen molar-refractivity contribution in [1.29, 1.82) is 5.26 Å². The van der Waals surface area contributed by atoms with Gasteiger partial charge in [-0.1, -0.05) is 37.1 Å². The fraction of sp³-hybridized carbons (Fsp3) is 0.400. The topological polar surface area (TPSA) is 122 Å². The lowest BCUT2D eigenvalue weighted by molar-refractivity contribution is -0.111. The second kappa shape index (κ2) is 17.5. The Morgan fingerprint density at radius 1 is 1.08 bits per heavy atom. The molecule has 0 unspecified atom stereocenters. The van der Waals surface area contributed by atoms with Crippen molar-refractivity contribution in [1.82, 2.24) is 14.9 Å². The number of ether oxygens (including phenoxy) is 3. The highest BCUT2D eigenvalue weighted by atomic mass is 35.5. The third-order valence-corrected chi connectivity index (χ3v) is 9.63. The Bertz CT molecular complexity index is 1900. The van der Waals surface area contributed by atoms with Gasteiger partial charge >= 0.3 is 0 Å². The number of aryl methyl sites for hydroxylation is 1. The van der Waals surface area contributed by atoms with Gasteiger partial charge in [-0.15, -0.1) is 0 Å². The van der Waals surface area contributed by atoms with Gasteiger partial charge in [-0.3, -0.25) is 19.7 Å². The van der Waals surface area contributed by atoms with Gasteiger partial charge in [0, 0.05) is 66.3 Å². The zero-order valence-electron chi connectivity index (χ0n) is 29.3. The summed E-state index contributed by atoms with van der Waals surface area (Å²) in [5.74, 6) is 1.22. The molecule has 0 spiro atoms. The van der Waals surface area contributed by atoms with E-state index in [2.05, 4.69) is 32.7 Å². The van der Waals surface area contributed by atoms with E-state index in [4.69, 9.17) is 30.8 Å². The number of halogens is 1. The maximum absolute atomic E-state index is 13.1. The smallest absolute Gasteiger partial charge is 0.248 e. The number of rotatable bonds is 13. The Hall–Kier alpha value is -4.69. The van der Waals surface area contributed by atoms with Gasteiger partial charge in [0.25, 0.3) is 0 Å². The van der Waals surface area contributed by atoms with Crippen LogP contribution >= 0.6 is 11.6 Å². The molecular formula is C40H45ClN6O4. The number of hydrogen-bond acceptors (Lipinski definition) is 9. The molecule has 0 atom stereocenters. The first-order valence-corrected chi connectivity index (χ1v) is 18.3. The van der Waals surface area contributed by atoms with E-state index >= 15 is 0 Å². The molecule has 4 heterocycles. The SMILES string of the molecule is CCOc1cc2nc(CC)c(C#N)c(Nc3ccc(OCc4ccc(C5CCOCC5)nc4)c(Cl)c3)c2cc1NC(=O)/C=C/CN1CCCCC1. The summed E-state index contributed by atoms with van der Waals surface area (Å²) in [6.07, 6.45) is 11.5. The van der Waals surface area contributed by atoms with Gasteiger partial charge in [-0.2, -0.15) is 5.26 Å². The summed E-state index contributed by atoms with van der Waals surface area (Å²) in [7, 11) is 0. The Morgan fingerprint density at radius 2 is 1.90 bits per heavy atom. The predicted octanol–water partition coefficient (Wildman–Crippen LogP) is 8.31. The summed E-state index contributed by atoms with van der Waals surface area (Å²) in [5.41, 5.74) is 5.47. The van der Waals surface area contributed by atoms with E-state index < -0.39 is 0 Å². The predicted molar refractivity (Wildman–Crippen MR) is 201 cm³/mol. The number of likely N-dealkylation sites (tertiary alicyclic amines) is 1. The number of aromatic nitrogens is 2. The van der Waals surface area contributed by atoms with Crippen LogP contribution in [0.4, 0.5) is 17.1 Å². The van der Waals surface area contributed by atoms with Crippen LogP contribution in [0.2, 0.25) is 5.02 Å². The number of nitrogens with zero attached hydrogens (tertiary/aromatic N) is 4. The second-order valence-corrected chi connectivity index (χ2v) is 13.3. The number of fused-ring (bicyclic) bond motifs is 1. The van der Waals surface area contributed by atoms with Gasteiger partial charge in [0.15, 0.2) is 0 Å². The molecule has 1 amide bonds. The molecular weight excluding hydrogens is 664 g/mol. The highest BCUT2D eigenvalue weighted by Gasteiger charge is 2.20. The van der Waals surface area contributed by atoms with Crippen molar-refractivity contribution in [3.05, 3.63) is 88.4 Å². The van der Waals surface area contributed by atoms with Crippen LogP contribution < -0.4 is 20.1 Å². The maximum atomic E-state index is 13.1. The average Bonchev–Trinajstić information content (AvgIpc) is 3.16. The number of piperidine rings is 1. The van der Waals surface area contributed by atoms with Gasteiger partial charge in [0.05, 0.1) is 39.8 Å². The minimum Gasteiger partial charge on any atom is -0.492 e. The van der Waals surface area contributed by atoms with Crippen LogP contribution in [-0.2, 0) is 22.6 Å². The molecule has 2 aromatic carbocycles. The van der Waals surface area contributed by atoms with Crippen molar-refractivity contribution >= 4 is 45.5 Å². The van der Waals surface area contributed by atoms with E-state index in [1.165, 1.54) is 19.3 Å². The largest absolute Gasteiger partial charge is 0.492 e. The van der Waals surface area contributed by atoms with E-state index in [9.17, 15) is 10.1 Å². The molecule has 2 fully saturated rings. The summed E-state index contributed by atoms with van der Waals surface area (Å²) in [6, 6.07) is 15.5. The number of anilines is 3. The lowest BCUT2D eigenvalue weighted by atomic mass is 9.96. The second-order valence-electron chi connectivity index (χ2n) is 12.9. The summed E-state index contributed by atoms with van der Waals surface area (Å²) >= 11 is 6.73. The lowest BCUT2D eigenvalue weighted by Crippen LogP contribution is -2.29. The molecule has 0 aliphatic carbocycles. The molecule has 2 aliphatic rings. The summed E-state index contributed by atoms with van der Waals surface area (Å²) in [5, 5.41) is 17.8. The molecule has 0 bridgehead atoms. The number of pyridine rings is 2. The number of hydrogen-bond donors (Lipinski definition) is 2. The maximum Gasteiger partial charge on any atom is 0.248 e. The van der Waals surface area contributed by atoms with Gasteiger partial charge in [0.2, 0.25) is 5.91 Å². The molecule has 2 aromatic heterocycles. The third kappa shape index (κ3) is 9.16. The standard InChI is InChI=1S/C40H45ClN6O4/c1-3-33-31(24-42)40(30-22-36(38(50-4-2)23-35(30)45-33)46-39(48)9-8-18-47-16-6-5-7-17-47)44-29-11-13-37(32(41)21-29)51-26-27-10-12-34(43-25-27)28-14-19-49-20-15-28/h8-13,21-23,25,28H,3-7,14-20,26H2,1-2H3,(H,44,45)(H,46,48)/b9-8+. The van der Waals surface area contributed by atoms with Crippen molar-refractivity contribution in [2.24, 2.45) is 0 Å². The Balaban J connectivity index is 1.21. The number of carbonyl (C=O) groups is 1. The minimum atomic E-state index is -0.256. The van der Waals surface area contributed by atoms with Gasteiger partial charge < -0.3 is 24.8 Å². The summed E-state index contributed by atoms with van der Waals surface area (Å²) < 4.78 is 17.5. The molecule has 2 N–H and O–H groups in total. The Labute approximate surface area is 304 Å². The molecule has 51 heavy (non-hydrogen) atoms. The normalized spacial score (nSPS) is 15.5. The zero-order chi connectivity index (χ0) is 35.6. The summed E-state index contributed by atoms with van der Waals surface area (Å²) in [6.45, 7) is 8.99. The fourth-order valence-corrected chi connectivity index (χ4v) is 6.84. The third-order valence-electron chi connectivity index (χ3n) is 9.33. The Kier molecular flexibility index (Phi) is 12.4. The number of amides is 1. The van der Waals surface area contributed by atoms with Crippen molar-refractivity contribution in [3.63, 3.8) is 0 Å². The molecule has 10 nitrogen and oxygen atoms in total. The van der Waals surface area contributed by atoms with Crippen LogP contribution in [0.25, 0.3) is 10.9 Å². The zero-order valence-corrected chi connectivity index (χ0v) is 30.1. The molecule has 11 heteroatoms. The molecule has 4 aromatic rings. The quantitative estimate of drug-likeness (QED) is 0.132. The fourth-order valence-electron chi connectivity index (χ4n) is 6.60. The van der Waals surface area contributed by atoms with Gasteiger partial charge in [0.1, 0.15) is 24.2 Å². The van der Waals surface area contributed by atoms with Crippen LogP contribution in [-0.4, -0.2) is 60.2 Å². The van der Waals surface area contributed by atoms with Crippen molar-refractivity contribution in [3.8, 4) is 17.6 Å². The Morgan fingerprint density at radius 3 is 2.61 bits per heavy atom. The van der Waals surface area contributed by atoms with Gasteiger partial charge in [-0.05, 0) is 82.4 Å². The summed E-state index contributed by atoms with van der Waals surface area (Å²) in [4.78, 5) is 24.9. The first kappa shape index (κ1) is 36.1. The monoisotopic (exact) mass is 708 g/mol. The number of nitrogens with one attached hydrogen (secondary N) is 2. The molecule has 2 aliphatic heterocycles. The highest BCUT2D eigenvalue weighted by molar-refractivity contribution is 6.32.